The van der Waals surface area contributed by atoms with Crippen molar-refractivity contribution in [2.45, 2.75) is 17.1 Å². The molecule has 0 radical (unpaired) electrons. The first-order valence-electron chi connectivity index (χ1n) is 9.65. The summed E-state index contributed by atoms with van der Waals surface area (Å²) in [5, 5.41) is 5.45. The predicted molar refractivity (Wildman–Crippen MR) is 124 cm³/mol. The summed E-state index contributed by atoms with van der Waals surface area (Å²) in [6.45, 7) is 1.84. The van der Waals surface area contributed by atoms with Crippen LogP contribution in [0.5, 0.6) is 11.5 Å². The highest BCUT2D eigenvalue weighted by Gasteiger charge is 2.15. The molecule has 3 aromatic carbocycles. The Kier molecular flexibility index (Phi) is 7.56. The minimum atomic E-state index is -0.324. The van der Waals surface area contributed by atoms with Crippen molar-refractivity contribution in [3.05, 3.63) is 78.4 Å². The molecule has 3 rings (SSSR count). The van der Waals surface area contributed by atoms with Gasteiger partial charge in [-0.25, -0.2) is 0 Å². The zero-order valence-electron chi connectivity index (χ0n) is 17.5. The van der Waals surface area contributed by atoms with Crippen LogP contribution in [0.15, 0.2) is 77.7 Å². The molecule has 0 aliphatic carbocycles. The van der Waals surface area contributed by atoms with E-state index in [2.05, 4.69) is 10.6 Å². The lowest BCUT2D eigenvalue weighted by Gasteiger charge is -2.13. The molecule has 0 aromatic heterocycles. The summed E-state index contributed by atoms with van der Waals surface area (Å²) in [7, 11) is 3.18. The molecule has 0 bridgehead atoms. The molecular weight excluding hydrogens is 412 g/mol. The van der Waals surface area contributed by atoms with Crippen molar-refractivity contribution in [2.75, 3.05) is 24.9 Å². The molecule has 2 N–H and O–H groups in total. The third-order valence-corrected chi connectivity index (χ3v) is 5.58. The molecule has 1 atom stereocenters. The molecule has 0 saturated carbocycles. The van der Waals surface area contributed by atoms with E-state index in [1.165, 1.54) is 11.8 Å². The summed E-state index contributed by atoms with van der Waals surface area (Å²) >= 11 is 1.42. The molecule has 0 spiro atoms. The summed E-state index contributed by atoms with van der Waals surface area (Å²) in [6.07, 6.45) is 0. The average molecular weight is 437 g/mol. The number of benzene rings is 3. The molecule has 0 aliphatic heterocycles. The summed E-state index contributed by atoms with van der Waals surface area (Å²) in [6, 6.07) is 21.5. The molecule has 2 amide bonds. The topological polar surface area (TPSA) is 76.7 Å². The second kappa shape index (κ2) is 10.5. The van der Waals surface area contributed by atoms with Gasteiger partial charge in [0.25, 0.3) is 5.91 Å². The Morgan fingerprint density at radius 1 is 0.806 bits per heavy atom. The standard InChI is InChI=1S/C24H24N2O4S/c1-16(23(27)25-18-9-13-21(30-3)14-10-18)31-22-6-4-5-19(15-22)26-24(28)17-7-11-20(29-2)12-8-17/h4-16H,1-3H3,(H,25,27)(H,26,28). The van der Waals surface area contributed by atoms with Crippen molar-refractivity contribution < 1.29 is 19.1 Å². The molecule has 160 valence electrons. The van der Waals surface area contributed by atoms with Gasteiger partial charge in [-0.2, -0.15) is 0 Å². The van der Waals surface area contributed by atoms with Gasteiger partial charge in [-0.1, -0.05) is 6.07 Å². The second-order valence-corrected chi connectivity index (χ2v) is 8.10. The highest BCUT2D eigenvalue weighted by Crippen LogP contribution is 2.27. The summed E-state index contributed by atoms with van der Waals surface area (Å²) in [4.78, 5) is 25.9. The highest BCUT2D eigenvalue weighted by molar-refractivity contribution is 8.00. The Hall–Kier alpha value is -3.45. The smallest absolute Gasteiger partial charge is 0.255 e. The Morgan fingerprint density at radius 3 is 2.03 bits per heavy atom. The largest absolute Gasteiger partial charge is 0.497 e. The van der Waals surface area contributed by atoms with Gasteiger partial charge in [0.05, 0.1) is 19.5 Å². The normalized spacial score (nSPS) is 11.3. The number of carbonyl (C=O) groups excluding carboxylic acids is 2. The molecule has 0 aliphatic rings. The van der Waals surface area contributed by atoms with Gasteiger partial charge in [0, 0.05) is 21.8 Å². The van der Waals surface area contributed by atoms with Crippen molar-refractivity contribution in [3.8, 4) is 11.5 Å². The monoisotopic (exact) mass is 436 g/mol. The Morgan fingerprint density at radius 2 is 1.42 bits per heavy atom. The average Bonchev–Trinajstić information content (AvgIpc) is 2.79. The van der Waals surface area contributed by atoms with E-state index in [9.17, 15) is 9.59 Å². The van der Waals surface area contributed by atoms with Gasteiger partial charge in [-0.05, 0) is 73.7 Å². The fourth-order valence-corrected chi connectivity index (χ4v) is 3.70. The van der Waals surface area contributed by atoms with Crippen LogP contribution in [0.25, 0.3) is 0 Å². The number of amides is 2. The number of ether oxygens (including phenoxy) is 2. The van der Waals surface area contributed by atoms with E-state index < -0.39 is 0 Å². The highest BCUT2D eigenvalue weighted by atomic mass is 32.2. The zero-order chi connectivity index (χ0) is 22.2. The molecule has 0 fully saturated rings. The van der Waals surface area contributed by atoms with Gasteiger partial charge >= 0.3 is 0 Å². The first kappa shape index (κ1) is 22.2. The van der Waals surface area contributed by atoms with Gasteiger partial charge in [-0.3, -0.25) is 9.59 Å². The van der Waals surface area contributed by atoms with Crippen molar-refractivity contribution >= 4 is 35.0 Å². The van der Waals surface area contributed by atoms with Gasteiger partial charge < -0.3 is 20.1 Å². The van der Waals surface area contributed by atoms with Crippen LogP contribution >= 0.6 is 11.8 Å². The number of hydrogen-bond acceptors (Lipinski definition) is 5. The lowest BCUT2D eigenvalue weighted by atomic mass is 10.2. The van der Waals surface area contributed by atoms with Crippen LogP contribution in [0.2, 0.25) is 0 Å². The minimum absolute atomic E-state index is 0.108. The number of thioether (sulfide) groups is 1. The van der Waals surface area contributed by atoms with Crippen LogP contribution in [0.1, 0.15) is 17.3 Å². The number of methoxy groups -OCH3 is 2. The van der Waals surface area contributed by atoms with E-state index in [0.717, 1.165) is 10.6 Å². The number of anilines is 2. The van der Waals surface area contributed by atoms with Gasteiger partial charge in [0.2, 0.25) is 5.91 Å². The van der Waals surface area contributed by atoms with E-state index in [1.807, 2.05) is 31.2 Å². The molecule has 0 heterocycles. The fraction of sp³-hybridized carbons (Fsp3) is 0.167. The fourth-order valence-electron chi connectivity index (χ4n) is 2.77. The lowest BCUT2D eigenvalue weighted by Crippen LogP contribution is -2.22. The van der Waals surface area contributed by atoms with E-state index in [-0.39, 0.29) is 17.1 Å². The Balaban J connectivity index is 1.59. The van der Waals surface area contributed by atoms with Crippen LogP contribution in [0.3, 0.4) is 0 Å². The van der Waals surface area contributed by atoms with Crippen molar-refractivity contribution in [1.82, 2.24) is 0 Å². The third-order valence-electron chi connectivity index (χ3n) is 4.48. The van der Waals surface area contributed by atoms with Crippen molar-refractivity contribution in [1.29, 1.82) is 0 Å². The molecular formula is C24H24N2O4S. The minimum Gasteiger partial charge on any atom is -0.497 e. The predicted octanol–water partition coefficient (Wildman–Crippen LogP) is 5.08. The zero-order valence-corrected chi connectivity index (χ0v) is 18.4. The van der Waals surface area contributed by atoms with Gasteiger partial charge in [0.1, 0.15) is 11.5 Å². The summed E-state index contributed by atoms with van der Waals surface area (Å²) in [5.74, 6) is 1.10. The molecule has 6 nitrogen and oxygen atoms in total. The first-order chi connectivity index (χ1) is 15.0. The van der Waals surface area contributed by atoms with E-state index >= 15 is 0 Å². The third kappa shape index (κ3) is 6.26. The molecule has 1 unspecified atom stereocenters. The number of rotatable bonds is 8. The number of carbonyl (C=O) groups is 2. The van der Waals surface area contributed by atoms with Crippen LogP contribution in [0.4, 0.5) is 11.4 Å². The van der Waals surface area contributed by atoms with Crippen LogP contribution in [-0.2, 0) is 4.79 Å². The van der Waals surface area contributed by atoms with E-state index in [4.69, 9.17) is 9.47 Å². The Bertz CT molecular complexity index is 1040. The van der Waals surface area contributed by atoms with Crippen LogP contribution in [0, 0.1) is 0 Å². The Labute approximate surface area is 186 Å². The summed E-state index contributed by atoms with van der Waals surface area (Å²) < 4.78 is 10.2. The first-order valence-corrected chi connectivity index (χ1v) is 10.5. The summed E-state index contributed by atoms with van der Waals surface area (Å²) in [5.41, 5.74) is 1.90. The van der Waals surface area contributed by atoms with Gasteiger partial charge in [0.15, 0.2) is 0 Å². The maximum atomic E-state index is 12.5. The second-order valence-electron chi connectivity index (χ2n) is 6.69. The van der Waals surface area contributed by atoms with E-state index in [0.29, 0.717) is 22.7 Å². The van der Waals surface area contributed by atoms with Gasteiger partial charge in [-0.15, -0.1) is 11.8 Å². The quantitative estimate of drug-likeness (QED) is 0.482. The number of hydrogen-bond donors (Lipinski definition) is 2. The molecule has 3 aromatic rings. The van der Waals surface area contributed by atoms with Crippen LogP contribution < -0.4 is 20.1 Å². The van der Waals surface area contributed by atoms with Crippen molar-refractivity contribution in [2.24, 2.45) is 0 Å². The molecule has 0 saturated heterocycles. The van der Waals surface area contributed by atoms with Crippen LogP contribution in [-0.4, -0.2) is 31.3 Å². The molecule has 31 heavy (non-hydrogen) atoms. The maximum absolute atomic E-state index is 12.5. The van der Waals surface area contributed by atoms with E-state index in [1.54, 1.807) is 62.8 Å². The van der Waals surface area contributed by atoms with Crippen molar-refractivity contribution in [3.63, 3.8) is 0 Å². The SMILES string of the molecule is COc1ccc(NC(=O)C(C)Sc2cccc(NC(=O)c3ccc(OC)cc3)c2)cc1. The molecule has 7 heteroatoms. The maximum Gasteiger partial charge on any atom is 0.255 e. The lowest BCUT2D eigenvalue weighted by molar-refractivity contribution is -0.115. The number of nitrogens with one attached hydrogen (secondary N) is 2.